The molecule has 3 aliphatic rings. The molecule has 0 bridgehead atoms. The summed E-state index contributed by atoms with van der Waals surface area (Å²) >= 11 is 0. The first-order valence-corrected chi connectivity index (χ1v) is 13.0. The zero-order valence-corrected chi connectivity index (χ0v) is 20.7. The number of aromatic nitrogens is 1. The molecule has 180 valence electrons. The van der Waals surface area contributed by atoms with Crippen molar-refractivity contribution in [1.29, 1.82) is 0 Å². The van der Waals surface area contributed by atoms with Crippen molar-refractivity contribution in [2.75, 3.05) is 33.9 Å². The fourth-order valence-electron chi connectivity index (χ4n) is 7.02. The predicted octanol–water partition coefficient (Wildman–Crippen LogP) is 5.41. The second kappa shape index (κ2) is 8.94. The molecule has 2 N–H and O–H groups in total. The third-order valence-electron chi connectivity index (χ3n) is 8.80. The van der Waals surface area contributed by atoms with Crippen LogP contribution >= 0.6 is 0 Å². The molecule has 0 radical (unpaired) electrons. The SMILES string of the molecule is CC[C@H]1CN2CCc3c([nH]c4ccccc34)[C@@H]2C[C@@H]1CC1NCCc2cc(OC)c(OC)cc21. The summed E-state index contributed by atoms with van der Waals surface area (Å²) in [6, 6.07) is 14.1. The number of fused-ring (bicyclic) bond motifs is 6. The number of ether oxygens (including phenoxy) is 2. The molecule has 34 heavy (non-hydrogen) atoms. The van der Waals surface area contributed by atoms with Gasteiger partial charge in [-0.1, -0.05) is 31.5 Å². The van der Waals surface area contributed by atoms with Gasteiger partial charge in [0.2, 0.25) is 0 Å². The van der Waals surface area contributed by atoms with Crippen LogP contribution in [0.15, 0.2) is 36.4 Å². The fourth-order valence-corrected chi connectivity index (χ4v) is 7.02. The zero-order chi connectivity index (χ0) is 23.2. The summed E-state index contributed by atoms with van der Waals surface area (Å²) < 4.78 is 11.2. The van der Waals surface area contributed by atoms with E-state index in [9.17, 15) is 0 Å². The first kappa shape index (κ1) is 22.0. The van der Waals surface area contributed by atoms with Gasteiger partial charge in [-0.2, -0.15) is 0 Å². The van der Waals surface area contributed by atoms with Crippen molar-refractivity contribution in [3.05, 3.63) is 58.8 Å². The van der Waals surface area contributed by atoms with Gasteiger partial charge in [0, 0.05) is 35.7 Å². The van der Waals surface area contributed by atoms with Gasteiger partial charge in [-0.05, 0) is 79.0 Å². The molecule has 3 aromatic rings. The highest BCUT2D eigenvalue weighted by atomic mass is 16.5. The summed E-state index contributed by atoms with van der Waals surface area (Å²) in [5.74, 6) is 3.12. The number of hydrogen-bond acceptors (Lipinski definition) is 4. The number of hydrogen-bond donors (Lipinski definition) is 2. The number of H-pyrrole nitrogens is 1. The molecule has 4 atom stereocenters. The number of piperidine rings is 1. The Kier molecular flexibility index (Phi) is 5.78. The largest absolute Gasteiger partial charge is 0.493 e. The number of benzene rings is 2. The molecule has 3 aliphatic heterocycles. The van der Waals surface area contributed by atoms with Gasteiger partial charge in [-0.25, -0.2) is 0 Å². The van der Waals surface area contributed by atoms with Gasteiger partial charge in [0.25, 0.3) is 0 Å². The quantitative estimate of drug-likeness (QED) is 0.536. The van der Waals surface area contributed by atoms with E-state index in [0.29, 0.717) is 18.0 Å². The van der Waals surface area contributed by atoms with Crippen LogP contribution in [0.3, 0.4) is 0 Å². The van der Waals surface area contributed by atoms with E-state index in [1.54, 1.807) is 19.8 Å². The summed E-state index contributed by atoms with van der Waals surface area (Å²) in [5, 5.41) is 5.28. The van der Waals surface area contributed by atoms with Crippen LogP contribution in [0.4, 0.5) is 0 Å². The van der Waals surface area contributed by atoms with Crippen molar-refractivity contribution in [3.8, 4) is 11.5 Å². The molecule has 6 rings (SSSR count). The Morgan fingerprint density at radius 1 is 1.03 bits per heavy atom. The Morgan fingerprint density at radius 2 is 1.85 bits per heavy atom. The van der Waals surface area contributed by atoms with Crippen LogP contribution in [0.2, 0.25) is 0 Å². The third kappa shape index (κ3) is 3.61. The number of nitrogens with zero attached hydrogens (tertiary/aromatic N) is 1. The van der Waals surface area contributed by atoms with Crippen molar-refractivity contribution < 1.29 is 9.47 Å². The number of para-hydroxylation sites is 1. The minimum atomic E-state index is 0.375. The van der Waals surface area contributed by atoms with E-state index in [1.807, 2.05) is 0 Å². The lowest BCUT2D eigenvalue weighted by atomic mass is 9.73. The molecule has 1 aromatic heterocycles. The Labute approximate surface area is 202 Å². The number of aromatic amines is 1. The average molecular weight is 460 g/mol. The summed E-state index contributed by atoms with van der Waals surface area (Å²) in [5.41, 5.74) is 7.14. The smallest absolute Gasteiger partial charge is 0.161 e. The van der Waals surface area contributed by atoms with Gasteiger partial charge in [0.1, 0.15) is 0 Å². The van der Waals surface area contributed by atoms with E-state index >= 15 is 0 Å². The molecule has 1 unspecified atom stereocenters. The second-order valence-electron chi connectivity index (χ2n) is 10.4. The minimum absolute atomic E-state index is 0.375. The second-order valence-corrected chi connectivity index (χ2v) is 10.4. The number of rotatable bonds is 5. The van der Waals surface area contributed by atoms with Gasteiger partial charge < -0.3 is 19.8 Å². The topological polar surface area (TPSA) is 49.5 Å². The van der Waals surface area contributed by atoms with Crippen LogP contribution in [0.25, 0.3) is 10.9 Å². The number of nitrogens with one attached hydrogen (secondary N) is 2. The van der Waals surface area contributed by atoms with Crippen LogP contribution in [-0.4, -0.2) is 43.7 Å². The molecule has 0 spiro atoms. The summed E-state index contributed by atoms with van der Waals surface area (Å²) in [4.78, 5) is 6.59. The van der Waals surface area contributed by atoms with E-state index in [1.165, 1.54) is 60.1 Å². The average Bonchev–Trinajstić information content (AvgIpc) is 3.27. The zero-order valence-electron chi connectivity index (χ0n) is 20.7. The van der Waals surface area contributed by atoms with E-state index in [4.69, 9.17) is 9.47 Å². The van der Waals surface area contributed by atoms with Crippen LogP contribution in [0.5, 0.6) is 11.5 Å². The lowest BCUT2D eigenvalue weighted by Crippen LogP contribution is -2.46. The highest BCUT2D eigenvalue weighted by Crippen LogP contribution is 2.47. The molecule has 2 aromatic carbocycles. The van der Waals surface area contributed by atoms with E-state index in [2.05, 4.69) is 58.5 Å². The van der Waals surface area contributed by atoms with Crippen molar-refractivity contribution >= 4 is 10.9 Å². The van der Waals surface area contributed by atoms with Crippen molar-refractivity contribution in [3.63, 3.8) is 0 Å². The molecular weight excluding hydrogens is 422 g/mol. The molecular formula is C29H37N3O2. The summed E-state index contributed by atoms with van der Waals surface area (Å²) in [7, 11) is 3.46. The number of methoxy groups -OCH3 is 2. The Hall–Kier alpha value is -2.50. The van der Waals surface area contributed by atoms with Crippen LogP contribution in [0.1, 0.15) is 60.7 Å². The standard InChI is InChI=1S/C29H37N3O2/c1-4-18-17-32-12-10-22-21-7-5-6-8-24(21)31-29(22)26(32)14-20(18)13-25-23-16-28(34-3)27(33-2)15-19(23)9-11-30-25/h5-8,15-16,18,20,25-26,30-31H,4,9-14,17H2,1-3H3/t18-,20-,25?,26-/m0/s1. The van der Waals surface area contributed by atoms with Gasteiger partial charge in [-0.15, -0.1) is 0 Å². The van der Waals surface area contributed by atoms with Gasteiger partial charge >= 0.3 is 0 Å². The maximum absolute atomic E-state index is 5.66. The molecule has 1 saturated heterocycles. The summed E-state index contributed by atoms with van der Waals surface area (Å²) in [6.45, 7) is 5.81. The van der Waals surface area contributed by atoms with Crippen LogP contribution in [0, 0.1) is 11.8 Å². The highest BCUT2D eigenvalue weighted by molar-refractivity contribution is 5.85. The first-order chi connectivity index (χ1) is 16.7. The molecule has 5 nitrogen and oxygen atoms in total. The first-order valence-electron chi connectivity index (χ1n) is 13.0. The normalized spacial score (nSPS) is 26.6. The molecule has 1 fully saturated rings. The van der Waals surface area contributed by atoms with E-state index in [-0.39, 0.29) is 0 Å². The monoisotopic (exact) mass is 459 g/mol. The molecule has 0 aliphatic carbocycles. The molecule has 5 heteroatoms. The Morgan fingerprint density at radius 3 is 2.68 bits per heavy atom. The highest BCUT2D eigenvalue weighted by Gasteiger charge is 2.40. The molecule has 4 heterocycles. The maximum Gasteiger partial charge on any atom is 0.161 e. The molecule has 0 saturated carbocycles. The minimum Gasteiger partial charge on any atom is -0.493 e. The molecule has 0 amide bonds. The predicted molar refractivity (Wildman–Crippen MR) is 137 cm³/mol. The maximum atomic E-state index is 5.66. The lowest BCUT2D eigenvalue weighted by Gasteiger charge is -2.47. The van der Waals surface area contributed by atoms with Gasteiger partial charge in [-0.3, -0.25) is 4.90 Å². The van der Waals surface area contributed by atoms with Crippen molar-refractivity contribution in [2.45, 2.75) is 51.1 Å². The van der Waals surface area contributed by atoms with E-state index < -0.39 is 0 Å². The van der Waals surface area contributed by atoms with E-state index in [0.717, 1.165) is 36.8 Å². The third-order valence-corrected chi connectivity index (χ3v) is 8.80. The van der Waals surface area contributed by atoms with Crippen molar-refractivity contribution in [1.82, 2.24) is 15.2 Å². The van der Waals surface area contributed by atoms with Crippen LogP contribution < -0.4 is 14.8 Å². The van der Waals surface area contributed by atoms with Gasteiger partial charge in [0.15, 0.2) is 11.5 Å². The van der Waals surface area contributed by atoms with Crippen LogP contribution in [-0.2, 0) is 12.8 Å². The van der Waals surface area contributed by atoms with Crippen molar-refractivity contribution in [2.24, 2.45) is 11.8 Å². The Bertz CT molecular complexity index is 1190. The lowest BCUT2D eigenvalue weighted by molar-refractivity contribution is 0.0421. The summed E-state index contributed by atoms with van der Waals surface area (Å²) in [6.07, 6.45) is 5.87. The van der Waals surface area contributed by atoms with Gasteiger partial charge in [0.05, 0.1) is 20.3 Å². The Balaban J connectivity index is 1.30. The fraction of sp³-hybridized carbons (Fsp3) is 0.517.